The molecule has 3 aromatic rings. The first-order valence-electron chi connectivity index (χ1n) is 9.29. The van der Waals surface area contributed by atoms with Crippen molar-refractivity contribution in [3.05, 3.63) is 45.5 Å². The van der Waals surface area contributed by atoms with Gasteiger partial charge in [0.05, 0.1) is 17.0 Å². The fourth-order valence-electron chi connectivity index (χ4n) is 3.37. The van der Waals surface area contributed by atoms with Crippen molar-refractivity contribution in [2.45, 2.75) is 51.5 Å². The average molecular weight is 398 g/mol. The maximum absolute atomic E-state index is 12.4. The molecular formula is C21H23N3OS2. The average Bonchev–Trinajstić information content (AvgIpc) is 3.03. The van der Waals surface area contributed by atoms with Crippen molar-refractivity contribution in [2.75, 3.05) is 11.1 Å². The number of amides is 1. The van der Waals surface area contributed by atoms with Crippen molar-refractivity contribution in [3.8, 4) is 0 Å². The molecule has 4 nitrogen and oxygen atoms in total. The lowest BCUT2D eigenvalue weighted by molar-refractivity contribution is -0.113. The number of hydrogen-bond acceptors (Lipinski definition) is 5. The number of carbonyl (C=O) groups is 1. The van der Waals surface area contributed by atoms with Crippen LogP contribution in [-0.4, -0.2) is 21.6 Å². The molecule has 0 spiro atoms. The van der Waals surface area contributed by atoms with E-state index in [4.69, 9.17) is 4.98 Å². The van der Waals surface area contributed by atoms with Gasteiger partial charge in [-0.15, -0.1) is 11.3 Å². The van der Waals surface area contributed by atoms with Crippen molar-refractivity contribution < 1.29 is 4.79 Å². The second-order valence-corrected chi connectivity index (χ2v) is 9.22. The molecule has 4 rings (SSSR count). The fourth-order valence-corrected chi connectivity index (χ4v) is 5.22. The summed E-state index contributed by atoms with van der Waals surface area (Å²) in [5.74, 6) is 0.321. The number of benzene rings is 1. The van der Waals surface area contributed by atoms with Crippen molar-refractivity contribution in [1.82, 2.24) is 9.97 Å². The van der Waals surface area contributed by atoms with Crippen molar-refractivity contribution in [3.63, 3.8) is 0 Å². The van der Waals surface area contributed by atoms with E-state index in [9.17, 15) is 4.79 Å². The summed E-state index contributed by atoms with van der Waals surface area (Å²) >= 11 is 3.11. The van der Waals surface area contributed by atoms with E-state index in [1.807, 2.05) is 0 Å². The van der Waals surface area contributed by atoms with Gasteiger partial charge in [-0.25, -0.2) is 9.97 Å². The first kappa shape index (κ1) is 18.4. The third-order valence-corrected chi connectivity index (χ3v) is 7.17. The van der Waals surface area contributed by atoms with Crippen molar-refractivity contribution in [1.29, 1.82) is 0 Å². The smallest absolute Gasteiger partial charge is 0.236 e. The molecule has 0 bridgehead atoms. The normalized spacial score (nSPS) is 13.6. The standard InChI is InChI=1S/C21H23N3OS2/c1-12-8-15-9-14(3)20(22-17(15)10-13(12)2)26-11-19(25)24-21-23-16-6-4-5-7-18(16)27-21/h8-10H,4-7,11H2,1-3H3,(H,23,24,25). The van der Waals surface area contributed by atoms with Gasteiger partial charge in [0.2, 0.25) is 5.91 Å². The van der Waals surface area contributed by atoms with Crippen molar-refractivity contribution >= 4 is 45.0 Å². The molecule has 140 valence electrons. The summed E-state index contributed by atoms with van der Waals surface area (Å²) in [5, 5.41) is 5.77. The number of carbonyl (C=O) groups excluding carboxylic acids is 1. The Morgan fingerprint density at radius 2 is 1.81 bits per heavy atom. The Morgan fingerprint density at radius 3 is 2.63 bits per heavy atom. The van der Waals surface area contributed by atoms with Gasteiger partial charge in [-0.3, -0.25) is 4.79 Å². The Labute approximate surface area is 167 Å². The minimum absolute atomic E-state index is 0.0209. The van der Waals surface area contributed by atoms with Crippen molar-refractivity contribution in [2.24, 2.45) is 0 Å². The summed E-state index contributed by atoms with van der Waals surface area (Å²) in [6.45, 7) is 6.27. The molecule has 2 heterocycles. The van der Waals surface area contributed by atoms with Crippen LogP contribution in [0.25, 0.3) is 10.9 Å². The number of rotatable bonds is 4. The maximum Gasteiger partial charge on any atom is 0.236 e. The van der Waals surface area contributed by atoms with Crippen LogP contribution in [0.15, 0.2) is 23.2 Å². The van der Waals surface area contributed by atoms with Gasteiger partial charge < -0.3 is 5.32 Å². The van der Waals surface area contributed by atoms with Gasteiger partial charge in [0.1, 0.15) is 5.03 Å². The van der Waals surface area contributed by atoms with E-state index in [0.717, 1.165) is 39.5 Å². The minimum Gasteiger partial charge on any atom is -0.301 e. The molecule has 1 aliphatic carbocycles. The Balaban J connectivity index is 1.44. The first-order valence-corrected chi connectivity index (χ1v) is 11.1. The number of hydrogen-bond donors (Lipinski definition) is 1. The van der Waals surface area contributed by atoms with E-state index in [2.05, 4.69) is 49.3 Å². The van der Waals surface area contributed by atoms with Gasteiger partial charge in [0.25, 0.3) is 0 Å². The first-order chi connectivity index (χ1) is 13.0. The van der Waals surface area contributed by atoms with E-state index in [1.54, 1.807) is 11.3 Å². The van der Waals surface area contributed by atoms with Gasteiger partial charge in [-0.2, -0.15) is 0 Å². The molecular weight excluding hydrogens is 374 g/mol. The molecule has 0 atom stereocenters. The van der Waals surface area contributed by atoms with Crippen LogP contribution in [0.4, 0.5) is 5.13 Å². The predicted molar refractivity (Wildman–Crippen MR) is 114 cm³/mol. The number of nitrogens with zero attached hydrogens (tertiary/aromatic N) is 2. The number of aromatic nitrogens is 2. The molecule has 0 radical (unpaired) electrons. The van der Waals surface area contributed by atoms with Crippen LogP contribution >= 0.6 is 23.1 Å². The molecule has 1 aromatic carbocycles. The highest BCUT2D eigenvalue weighted by atomic mass is 32.2. The topological polar surface area (TPSA) is 54.9 Å². The molecule has 0 saturated carbocycles. The summed E-state index contributed by atoms with van der Waals surface area (Å²) < 4.78 is 0. The van der Waals surface area contributed by atoms with Gasteiger partial charge >= 0.3 is 0 Å². The number of nitrogens with one attached hydrogen (secondary N) is 1. The number of anilines is 1. The zero-order valence-corrected chi connectivity index (χ0v) is 17.5. The molecule has 6 heteroatoms. The second kappa shape index (κ2) is 7.60. The number of pyridine rings is 1. The number of fused-ring (bicyclic) bond motifs is 2. The maximum atomic E-state index is 12.4. The number of thiazole rings is 1. The summed E-state index contributed by atoms with van der Waals surface area (Å²) in [6.07, 6.45) is 4.56. The lowest BCUT2D eigenvalue weighted by Gasteiger charge is -2.09. The Hall–Kier alpha value is -1.92. The van der Waals surface area contributed by atoms with Crippen LogP contribution in [0.3, 0.4) is 0 Å². The zero-order valence-electron chi connectivity index (χ0n) is 15.9. The highest BCUT2D eigenvalue weighted by molar-refractivity contribution is 8.00. The summed E-state index contributed by atoms with van der Waals surface area (Å²) in [6, 6.07) is 6.45. The molecule has 0 fully saturated rings. The lowest BCUT2D eigenvalue weighted by Crippen LogP contribution is -2.14. The van der Waals surface area contributed by atoms with Gasteiger partial charge in [0.15, 0.2) is 5.13 Å². The quantitative estimate of drug-likeness (QED) is 0.613. The molecule has 0 saturated heterocycles. The fraction of sp³-hybridized carbons (Fsp3) is 0.381. The van der Waals surface area contributed by atoms with Gasteiger partial charge in [-0.05, 0) is 81.3 Å². The van der Waals surface area contributed by atoms with E-state index < -0.39 is 0 Å². The Morgan fingerprint density at radius 1 is 1.07 bits per heavy atom. The molecule has 1 amide bonds. The second-order valence-electron chi connectivity index (χ2n) is 7.17. The molecule has 27 heavy (non-hydrogen) atoms. The third-order valence-electron chi connectivity index (χ3n) is 5.01. The van der Waals surface area contributed by atoms with Crippen LogP contribution in [0, 0.1) is 20.8 Å². The number of thioether (sulfide) groups is 1. The molecule has 1 aliphatic rings. The zero-order chi connectivity index (χ0) is 19.0. The summed E-state index contributed by atoms with van der Waals surface area (Å²) in [5.41, 5.74) is 5.77. The Bertz CT molecular complexity index is 1000. The van der Waals surface area contributed by atoms with Crippen LogP contribution in [0.2, 0.25) is 0 Å². The molecule has 0 aliphatic heterocycles. The van der Waals surface area contributed by atoms with Crippen LogP contribution in [0.1, 0.15) is 40.1 Å². The monoisotopic (exact) mass is 397 g/mol. The van der Waals surface area contributed by atoms with E-state index in [1.165, 1.54) is 46.3 Å². The number of aryl methyl sites for hydroxylation is 5. The lowest BCUT2D eigenvalue weighted by atomic mass is 10.0. The highest BCUT2D eigenvalue weighted by Gasteiger charge is 2.16. The van der Waals surface area contributed by atoms with Crippen LogP contribution in [-0.2, 0) is 17.6 Å². The predicted octanol–water partition coefficient (Wildman–Crippen LogP) is 5.23. The van der Waals surface area contributed by atoms with E-state index in [-0.39, 0.29) is 5.91 Å². The van der Waals surface area contributed by atoms with E-state index >= 15 is 0 Å². The summed E-state index contributed by atoms with van der Waals surface area (Å²) in [4.78, 5) is 23.1. The largest absolute Gasteiger partial charge is 0.301 e. The van der Waals surface area contributed by atoms with E-state index in [0.29, 0.717) is 5.75 Å². The van der Waals surface area contributed by atoms with Crippen LogP contribution in [0.5, 0.6) is 0 Å². The molecule has 1 N–H and O–H groups in total. The summed E-state index contributed by atoms with van der Waals surface area (Å²) in [7, 11) is 0. The molecule has 2 aromatic heterocycles. The van der Waals surface area contributed by atoms with Gasteiger partial charge in [-0.1, -0.05) is 11.8 Å². The molecule has 0 unspecified atom stereocenters. The van der Waals surface area contributed by atoms with Gasteiger partial charge in [0, 0.05) is 10.3 Å². The SMILES string of the molecule is Cc1cc2cc(C)c(SCC(=O)Nc3nc4c(s3)CCCC4)nc2cc1C. The van der Waals surface area contributed by atoms with Crippen LogP contribution < -0.4 is 5.32 Å². The minimum atomic E-state index is -0.0209. The Kier molecular flexibility index (Phi) is 5.19. The third kappa shape index (κ3) is 4.01. The highest BCUT2D eigenvalue weighted by Crippen LogP contribution is 2.30.